The van der Waals surface area contributed by atoms with Crippen molar-refractivity contribution in [2.24, 2.45) is 5.92 Å². The molecule has 0 heterocycles. The monoisotopic (exact) mass is 171 g/mol. The van der Waals surface area contributed by atoms with Crippen LogP contribution in [-0.4, -0.2) is 22.2 Å². The van der Waals surface area contributed by atoms with Gasteiger partial charge < -0.3 is 10.2 Å². The summed E-state index contributed by atoms with van der Waals surface area (Å²) in [6, 6.07) is 0. The Balaban J connectivity index is 2.67. The first kappa shape index (κ1) is 9.03. The summed E-state index contributed by atoms with van der Waals surface area (Å²) in [6.07, 6.45) is 2.50. The smallest absolute Gasteiger partial charge is 0.311 e. The van der Waals surface area contributed by atoms with Crippen LogP contribution in [0.2, 0.25) is 0 Å². The van der Waals surface area contributed by atoms with E-state index in [-0.39, 0.29) is 5.92 Å². The van der Waals surface area contributed by atoms with E-state index in [0.717, 1.165) is 12.8 Å². The number of hydrogen-bond donors (Lipinski definition) is 2. The van der Waals surface area contributed by atoms with Crippen LogP contribution < -0.4 is 0 Å². The first-order valence-electron chi connectivity index (χ1n) is 3.94. The molecule has 0 aromatic rings. The Morgan fingerprint density at radius 2 is 1.92 bits per heavy atom. The maximum Gasteiger partial charge on any atom is 0.311 e. The van der Waals surface area contributed by atoms with Gasteiger partial charge >= 0.3 is 11.9 Å². The third-order valence-corrected chi connectivity index (χ3v) is 2.18. The van der Waals surface area contributed by atoms with Gasteiger partial charge in [0.25, 0.3) is 0 Å². The molecule has 1 aliphatic carbocycles. The highest BCUT2D eigenvalue weighted by molar-refractivity contribution is 5.90. The highest BCUT2D eigenvalue weighted by Gasteiger charge is 2.36. The zero-order valence-electron chi connectivity index (χ0n) is 6.62. The Morgan fingerprint density at radius 3 is 2.33 bits per heavy atom. The average Bonchev–Trinajstić information content (AvgIpc) is 2.04. The molecule has 1 unspecified atom stereocenters. The summed E-state index contributed by atoms with van der Waals surface area (Å²) in [7, 11) is 0. The fourth-order valence-corrected chi connectivity index (χ4v) is 1.54. The topological polar surface area (TPSA) is 74.6 Å². The Bertz CT molecular complexity index is 177. The Hall–Kier alpha value is -1.06. The zero-order valence-corrected chi connectivity index (χ0v) is 6.62. The predicted molar refractivity (Wildman–Crippen MR) is 40.5 cm³/mol. The molecule has 0 bridgehead atoms. The lowest BCUT2D eigenvalue weighted by atomic mass is 9.79. The van der Waals surface area contributed by atoms with Crippen LogP contribution in [0, 0.1) is 11.8 Å². The summed E-state index contributed by atoms with van der Waals surface area (Å²) in [6.45, 7) is 0. The third-order valence-electron chi connectivity index (χ3n) is 2.18. The fraction of sp³-hybridized carbons (Fsp3) is 0.625. The van der Waals surface area contributed by atoms with Gasteiger partial charge in [0.1, 0.15) is 0 Å². The second-order valence-electron chi connectivity index (χ2n) is 2.97. The molecule has 0 spiro atoms. The molecule has 2 N–H and O–H groups in total. The molecule has 0 aliphatic heterocycles. The summed E-state index contributed by atoms with van der Waals surface area (Å²) < 4.78 is 0. The van der Waals surface area contributed by atoms with Gasteiger partial charge in [-0.2, -0.15) is 0 Å². The average molecular weight is 171 g/mol. The van der Waals surface area contributed by atoms with Gasteiger partial charge in [0.2, 0.25) is 0 Å². The molecule has 1 radical (unpaired) electrons. The largest absolute Gasteiger partial charge is 0.481 e. The lowest BCUT2D eigenvalue weighted by molar-refractivity contribution is -0.147. The first-order valence-corrected chi connectivity index (χ1v) is 3.94. The van der Waals surface area contributed by atoms with E-state index in [1.807, 2.05) is 0 Å². The molecule has 4 nitrogen and oxygen atoms in total. The molecular weight excluding hydrogens is 160 g/mol. The number of rotatable bonds is 2. The van der Waals surface area contributed by atoms with Crippen LogP contribution in [0.25, 0.3) is 0 Å². The molecule has 1 atom stereocenters. The number of carboxylic acids is 2. The molecule has 67 valence electrons. The molecule has 4 heteroatoms. The van der Waals surface area contributed by atoms with Crippen LogP contribution in [0.15, 0.2) is 0 Å². The zero-order chi connectivity index (χ0) is 9.14. The van der Waals surface area contributed by atoms with Gasteiger partial charge in [-0.3, -0.25) is 9.59 Å². The maximum absolute atomic E-state index is 10.6. The van der Waals surface area contributed by atoms with Gasteiger partial charge in [0.15, 0.2) is 0 Å². The number of hydrogen-bond acceptors (Lipinski definition) is 2. The third kappa shape index (κ3) is 1.75. The quantitative estimate of drug-likeness (QED) is 0.647. The van der Waals surface area contributed by atoms with E-state index < -0.39 is 17.9 Å². The van der Waals surface area contributed by atoms with E-state index in [1.165, 1.54) is 0 Å². The molecule has 1 fully saturated rings. The normalized spacial score (nSPS) is 25.2. The maximum atomic E-state index is 10.6. The van der Waals surface area contributed by atoms with Crippen LogP contribution in [0.5, 0.6) is 0 Å². The highest BCUT2D eigenvalue weighted by atomic mass is 16.4. The van der Waals surface area contributed by atoms with Crippen LogP contribution in [0.4, 0.5) is 0 Å². The summed E-state index contributed by atoms with van der Waals surface area (Å²) in [5.41, 5.74) is 0. The van der Waals surface area contributed by atoms with Crippen molar-refractivity contribution in [2.75, 3.05) is 0 Å². The molecule has 0 amide bonds. The second kappa shape index (κ2) is 3.56. The summed E-state index contributed by atoms with van der Waals surface area (Å²) in [4.78, 5) is 21.2. The molecule has 0 saturated heterocycles. The van der Waals surface area contributed by atoms with Crippen LogP contribution in [0.1, 0.15) is 25.7 Å². The molecular formula is C8H11O4. The number of carbonyl (C=O) groups is 2. The van der Waals surface area contributed by atoms with Gasteiger partial charge in [-0.25, -0.2) is 0 Å². The minimum atomic E-state index is -1.05. The Labute approximate surface area is 70.2 Å². The summed E-state index contributed by atoms with van der Waals surface area (Å²) in [5, 5.41) is 17.3. The van der Waals surface area contributed by atoms with Crippen molar-refractivity contribution in [2.45, 2.75) is 25.7 Å². The molecule has 1 aliphatic rings. The van der Waals surface area contributed by atoms with Crippen molar-refractivity contribution in [1.82, 2.24) is 0 Å². The van der Waals surface area contributed by atoms with Crippen LogP contribution in [0.3, 0.4) is 0 Å². The van der Waals surface area contributed by atoms with Crippen molar-refractivity contribution in [3.63, 3.8) is 0 Å². The Kier molecular flexibility index (Phi) is 2.68. The second-order valence-corrected chi connectivity index (χ2v) is 2.97. The molecule has 1 rings (SSSR count). The van der Waals surface area contributed by atoms with E-state index in [4.69, 9.17) is 10.2 Å². The first-order chi connectivity index (χ1) is 5.63. The molecule has 12 heavy (non-hydrogen) atoms. The highest BCUT2D eigenvalue weighted by Crippen LogP contribution is 2.31. The van der Waals surface area contributed by atoms with Crippen molar-refractivity contribution >= 4 is 11.9 Å². The van der Waals surface area contributed by atoms with Gasteiger partial charge in [-0.05, 0) is 12.8 Å². The van der Waals surface area contributed by atoms with Gasteiger partial charge in [0, 0.05) is 0 Å². The van der Waals surface area contributed by atoms with E-state index in [9.17, 15) is 9.59 Å². The van der Waals surface area contributed by atoms with Gasteiger partial charge in [-0.1, -0.05) is 12.8 Å². The minimum absolute atomic E-state index is 0.161. The van der Waals surface area contributed by atoms with Crippen LogP contribution >= 0.6 is 0 Å². The number of carboxylic acid groups (broad SMARTS) is 2. The van der Waals surface area contributed by atoms with E-state index >= 15 is 0 Å². The van der Waals surface area contributed by atoms with Crippen molar-refractivity contribution in [3.8, 4) is 0 Å². The number of aliphatic carboxylic acids is 2. The Morgan fingerprint density at radius 1 is 1.25 bits per heavy atom. The van der Waals surface area contributed by atoms with Gasteiger partial charge in [0.05, 0.1) is 11.8 Å². The minimum Gasteiger partial charge on any atom is -0.481 e. The molecule has 0 aromatic heterocycles. The predicted octanol–water partition coefficient (Wildman–Crippen LogP) is 0.920. The van der Waals surface area contributed by atoms with E-state index in [1.54, 1.807) is 0 Å². The van der Waals surface area contributed by atoms with Crippen molar-refractivity contribution in [3.05, 3.63) is 5.92 Å². The lowest BCUT2D eigenvalue weighted by Crippen LogP contribution is -2.30. The summed E-state index contributed by atoms with van der Waals surface area (Å²) in [5.74, 6) is -2.65. The fourth-order valence-electron chi connectivity index (χ4n) is 1.54. The van der Waals surface area contributed by atoms with Crippen molar-refractivity contribution < 1.29 is 19.8 Å². The lowest BCUT2D eigenvalue weighted by Gasteiger charge is -2.23. The standard InChI is InChI=1S/C8H11O4/c9-7(10)5-3-1-2-4-6(5)8(11)12/h5H,1-4H2,(H,9,10)(H,11,12). The molecule has 1 saturated carbocycles. The van der Waals surface area contributed by atoms with Crippen molar-refractivity contribution in [1.29, 1.82) is 0 Å². The van der Waals surface area contributed by atoms with E-state index in [2.05, 4.69) is 0 Å². The van der Waals surface area contributed by atoms with E-state index in [0.29, 0.717) is 12.8 Å². The molecule has 0 aromatic carbocycles. The van der Waals surface area contributed by atoms with Crippen LogP contribution in [-0.2, 0) is 9.59 Å². The SMILES string of the molecule is O=C(O)[C]1CCCCC1C(=O)O. The summed E-state index contributed by atoms with van der Waals surface area (Å²) >= 11 is 0. The van der Waals surface area contributed by atoms with Gasteiger partial charge in [-0.15, -0.1) is 0 Å².